The van der Waals surface area contributed by atoms with Crippen molar-refractivity contribution >= 4 is 35.9 Å². The summed E-state index contributed by atoms with van der Waals surface area (Å²) in [6.07, 6.45) is 5.79. The van der Waals surface area contributed by atoms with Gasteiger partial charge in [-0.25, -0.2) is 4.98 Å². The molecule has 3 aromatic rings. The molecule has 0 aliphatic heterocycles. The van der Waals surface area contributed by atoms with Crippen molar-refractivity contribution < 1.29 is 0 Å². The summed E-state index contributed by atoms with van der Waals surface area (Å²) in [5.74, 6) is 2.09. The van der Waals surface area contributed by atoms with Gasteiger partial charge < -0.3 is 4.57 Å². The number of rotatable bonds is 8. The number of halogens is 1. The van der Waals surface area contributed by atoms with Crippen molar-refractivity contribution in [1.29, 1.82) is 0 Å². The molecule has 5 heteroatoms. The van der Waals surface area contributed by atoms with E-state index in [0.29, 0.717) is 4.58 Å². The van der Waals surface area contributed by atoms with E-state index in [1.807, 2.05) is 42.2 Å². The summed E-state index contributed by atoms with van der Waals surface area (Å²) < 4.78 is 2.67. The summed E-state index contributed by atoms with van der Waals surface area (Å²) in [6, 6.07) is 21.4. The number of benzene rings is 2. The van der Waals surface area contributed by atoms with Gasteiger partial charge in [0.05, 0.1) is 10.9 Å². The number of imidazole rings is 1. The quantitative estimate of drug-likeness (QED) is 0.483. The topological polar surface area (TPSA) is 17.8 Å². The van der Waals surface area contributed by atoms with Crippen LogP contribution in [0.5, 0.6) is 0 Å². The lowest BCUT2D eigenvalue weighted by atomic mass is 10.2. The Morgan fingerprint density at radius 3 is 1.83 bits per heavy atom. The molecule has 0 unspecified atom stereocenters. The third kappa shape index (κ3) is 6.27. The number of hydrogen-bond acceptors (Lipinski definition) is 3. The van der Waals surface area contributed by atoms with Crippen LogP contribution in [0.2, 0.25) is 0 Å². The van der Waals surface area contributed by atoms with E-state index in [9.17, 15) is 0 Å². The van der Waals surface area contributed by atoms with Gasteiger partial charge in [0.2, 0.25) is 0 Å². The summed E-state index contributed by atoms with van der Waals surface area (Å²) in [6.45, 7) is 0.981. The summed E-state index contributed by atoms with van der Waals surface area (Å²) >= 11 is 4.01. The normalized spacial score (nSPS) is 10.5. The molecule has 0 atom stereocenters. The zero-order valence-corrected chi connectivity index (χ0v) is 15.8. The summed E-state index contributed by atoms with van der Waals surface area (Å²) in [5.41, 5.74) is 2.77. The number of aromatic nitrogens is 2. The van der Waals surface area contributed by atoms with Gasteiger partial charge in [-0.1, -0.05) is 60.7 Å². The highest BCUT2D eigenvalue weighted by atomic mass is 35.5. The maximum Gasteiger partial charge on any atom is 0.0946 e. The third-order valence-corrected chi connectivity index (χ3v) is 6.33. The Bertz CT molecular complexity index is 632. The van der Waals surface area contributed by atoms with Gasteiger partial charge >= 0.3 is 0 Å². The van der Waals surface area contributed by atoms with E-state index in [4.69, 9.17) is 0 Å². The summed E-state index contributed by atoms with van der Waals surface area (Å²) in [5, 5.41) is 0. The standard InChI is InChI=1S/C19H20N2S2.ClH/c1-3-7-17(8-4-1)14-22-19(13-21-12-11-20-16-21)23-15-18-9-5-2-6-10-18;/h1-12,16,19H,13-15H2;1H. The molecule has 24 heavy (non-hydrogen) atoms. The minimum absolute atomic E-state index is 0. The average Bonchev–Trinajstić information content (AvgIpc) is 3.12. The first-order chi connectivity index (χ1) is 11.4. The molecule has 0 saturated carbocycles. The van der Waals surface area contributed by atoms with Crippen LogP contribution in [0.15, 0.2) is 79.4 Å². The highest BCUT2D eigenvalue weighted by molar-refractivity contribution is 8.16. The van der Waals surface area contributed by atoms with Crippen LogP contribution >= 0.6 is 35.9 Å². The number of thioether (sulfide) groups is 2. The van der Waals surface area contributed by atoms with E-state index in [0.717, 1.165) is 18.1 Å². The molecule has 0 radical (unpaired) electrons. The van der Waals surface area contributed by atoms with Crippen molar-refractivity contribution in [3.05, 3.63) is 90.5 Å². The van der Waals surface area contributed by atoms with Crippen molar-refractivity contribution in [1.82, 2.24) is 9.55 Å². The molecule has 0 fully saturated rings. The zero-order valence-electron chi connectivity index (χ0n) is 13.3. The lowest BCUT2D eigenvalue weighted by Crippen LogP contribution is -2.09. The van der Waals surface area contributed by atoms with E-state index in [2.05, 4.69) is 70.2 Å². The molecular weight excluding hydrogens is 356 g/mol. The van der Waals surface area contributed by atoms with Crippen molar-refractivity contribution in [2.24, 2.45) is 0 Å². The van der Waals surface area contributed by atoms with Gasteiger partial charge in [-0.05, 0) is 11.1 Å². The molecule has 0 spiro atoms. The first kappa shape index (κ1) is 19.0. The van der Waals surface area contributed by atoms with Crippen LogP contribution in [0.25, 0.3) is 0 Å². The Labute approximate surface area is 158 Å². The Balaban J connectivity index is 0.00000208. The van der Waals surface area contributed by atoms with Crippen LogP contribution in [-0.2, 0) is 18.1 Å². The monoisotopic (exact) mass is 376 g/mol. The molecule has 1 heterocycles. The second-order valence-electron chi connectivity index (χ2n) is 5.28. The lowest BCUT2D eigenvalue weighted by Gasteiger charge is -2.17. The molecule has 0 aliphatic rings. The van der Waals surface area contributed by atoms with Gasteiger partial charge in [0.1, 0.15) is 0 Å². The van der Waals surface area contributed by atoms with Gasteiger partial charge in [0.25, 0.3) is 0 Å². The largest absolute Gasteiger partial charge is 0.336 e. The van der Waals surface area contributed by atoms with Gasteiger partial charge in [-0.3, -0.25) is 0 Å². The molecule has 126 valence electrons. The number of nitrogens with zero attached hydrogens (tertiary/aromatic N) is 2. The molecule has 0 N–H and O–H groups in total. The predicted octanol–water partition coefficient (Wildman–Crippen LogP) is 5.50. The molecular formula is C19H21ClN2S2. The lowest BCUT2D eigenvalue weighted by molar-refractivity contribution is 0.750. The fourth-order valence-electron chi connectivity index (χ4n) is 2.25. The fourth-order valence-corrected chi connectivity index (χ4v) is 4.74. The van der Waals surface area contributed by atoms with Crippen molar-refractivity contribution in [3.63, 3.8) is 0 Å². The highest BCUT2D eigenvalue weighted by Crippen LogP contribution is 2.30. The molecule has 3 rings (SSSR count). The number of hydrogen-bond donors (Lipinski definition) is 0. The molecule has 2 nitrogen and oxygen atoms in total. The van der Waals surface area contributed by atoms with E-state index in [1.165, 1.54) is 11.1 Å². The van der Waals surface area contributed by atoms with E-state index < -0.39 is 0 Å². The van der Waals surface area contributed by atoms with Gasteiger partial charge in [-0.15, -0.1) is 35.9 Å². The van der Waals surface area contributed by atoms with Gasteiger partial charge in [0.15, 0.2) is 0 Å². The molecule has 0 amide bonds. The van der Waals surface area contributed by atoms with Crippen LogP contribution < -0.4 is 0 Å². The maximum absolute atomic E-state index is 4.16. The second-order valence-corrected chi connectivity index (χ2v) is 7.96. The van der Waals surface area contributed by atoms with Crippen molar-refractivity contribution in [2.45, 2.75) is 22.6 Å². The Morgan fingerprint density at radius 2 is 1.38 bits per heavy atom. The van der Waals surface area contributed by atoms with E-state index in [-0.39, 0.29) is 12.4 Å². The second kappa shape index (κ2) is 10.5. The highest BCUT2D eigenvalue weighted by Gasteiger charge is 2.11. The van der Waals surface area contributed by atoms with Gasteiger partial charge in [-0.2, -0.15) is 0 Å². The van der Waals surface area contributed by atoms with E-state index >= 15 is 0 Å². The maximum atomic E-state index is 4.16. The van der Waals surface area contributed by atoms with Crippen LogP contribution in [0.1, 0.15) is 11.1 Å². The summed E-state index contributed by atoms with van der Waals surface area (Å²) in [4.78, 5) is 4.16. The Morgan fingerprint density at radius 1 is 0.833 bits per heavy atom. The third-order valence-electron chi connectivity index (χ3n) is 3.48. The minimum atomic E-state index is 0. The zero-order chi connectivity index (χ0) is 15.7. The first-order valence-corrected chi connectivity index (χ1v) is 9.77. The fraction of sp³-hybridized carbons (Fsp3) is 0.211. The molecule has 2 aromatic carbocycles. The molecule has 0 bridgehead atoms. The molecule has 0 aliphatic carbocycles. The molecule has 1 aromatic heterocycles. The predicted molar refractivity (Wildman–Crippen MR) is 109 cm³/mol. The van der Waals surface area contributed by atoms with Crippen molar-refractivity contribution in [2.75, 3.05) is 0 Å². The first-order valence-electron chi connectivity index (χ1n) is 7.67. The van der Waals surface area contributed by atoms with Crippen LogP contribution in [0.3, 0.4) is 0 Å². The SMILES string of the molecule is Cl.c1ccc(CSC(Cn2ccnc2)SCc2ccccc2)cc1. The minimum Gasteiger partial charge on any atom is -0.336 e. The smallest absolute Gasteiger partial charge is 0.0946 e. The van der Waals surface area contributed by atoms with Crippen LogP contribution in [0.4, 0.5) is 0 Å². The van der Waals surface area contributed by atoms with Gasteiger partial charge in [0, 0.05) is 30.4 Å². The molecule has 0 saturated heterocycles. The van der Waals surface area contributed by atoms with E-state index in [1.54, 1.807) is 0 Å². The van der Waals surface area contributed by atoms with Crippen LogP contribution in [-0.4, -0.2) is 14.1 Å². The summed E-state index contributed by atoms with van der Waals surface area (Å²) in [7, 11) is 0. The van der Waals surface area contributed by atoms with Crippen molar-refractivity contribution in [3.8, 4) is 0 Å². The Hall–Kier alpha value is -1.36. The average molecular weight is 377 g/mol. The van der Waals surface area contributed by atoms with Crippen LogP contribution in [0, 0.1) is 0 Å². The Kier molecular flexibility index (Phi) is 8.29.